The highest BCUT2D eigenvalue weighted by atomic mass is 15.1. The summed E-state index contributed by atoms with van der Waals surface area (Å²) in [5.41, 5.74) is 18.3. The number of fused-ring (bicyclic) bond motifs is 7. The Morgan fingerprint density at radius 2 is 0.845 bits per heavy atom. The van der Waals surface area contributed by atoms with Gasteiger partial charge in [-0.1, -0.05) is 200 Å². The number of hydrogen-bond acceptors (Lipinski definition) is 1. The summed E-state index contributed by atoms with van der Waals surface area (Å²) in [6, 6.07) is 83.0. The summed E-state index contributed by atoms with van der Waals surface area (Å²) >= 11 is 0. The van der Waals surface area contributed by atoms with Crippen molar-refractivity contribution in [3.05, 3.63) is 247 Å². The van der Waals surface area contributed by atoms with Gasteiger partial charge in [0.25, 0.3) is 0 Å². The molecule has 270 valence electrons. The molecule has 0 amide bonds. The van der Waals surface area contributed by atoms with Crippen LogP contribution in [0.3, 0.4) is 0 Å². The highest BCUT2D eigenvalue weighted by Gasteiger charge is 2.51. The standard InChI is InChI=1S/C57H37N/c1-4-17-38(18-5-1)39-31-33-42(34-32-39)58(53-36-35-43(40-19-6-2-7-20-40)44-23-10-11-26-47(44)53)54-37-50-46-25-13-15-30-52(46)57(41-21-8-3-9-22-41)51-29-14-12-24-45(51)48-27-16-28-49(54)55(48)56(50)57/h1-37H. The van der Waals surface area contributed by atoms with Crippen LogP contribution >= 0.6 is 0 Å². The molecule has 0 N–H and O–H groups in total. The lowest BCUT2D eigenvalue weighted by atomic mass is 9.61. The first-order chi connectivity index (χ1) is 28.8. The monoisotopic (exact) mass is 735 g/mol. The molecule has 0 radical (unpaired) electrons. The van der Waals surface area contributed by atoms with Crippen LogP contribution in [-0.2, 0) is 5.41 Å². The molecule has 2 aliphatic carbocycles. The van der Waals surface area contributed by atoms with Gasteiger partial charge in [0.1, 0.15) is 0 Å². The predicted octanol–water partition coefficient (Wildman–Crippen LogP) is 15.1. The quantitative estimate of drug-likeness (QED) is 0.164. The van der Waals surface area contributed by atoms with Gasteiger partial charge in [-0.3, -0.25) is 0 Å². The van der Waals surface area contributed by atoms with Gasteiger partial charge in [0, 0.05) is 16.5 Å². The third-order valence-electron chi connectivity index (χ3n) is 12.7. The first-order valence-corrected chi connectivity index (χ1v) is 20.2. The van der Waals surface area contributed by atoms with Gasteiger partial charge < -0.3 is 4.90 Å². The van der Waals surface area contributed by atoms with Crippen LogP contribution in [-0.4, -0.2) is 0 Å². The fourth-order valence-corrected chi connectivity index (χ4v) is 10.3. The summed E-state index contributed by atoms with van der Waals surface area (Å²) < 4.78 is 0. The molecule has 1 unspecified atom stereocenters. The number of rotatable bonds is 6. The number of benzene rings is 10. The lowest BCUT2D eigenvalue weighted by molar-refractivity contribution is 0.773. The molecule has 12 rings (SSSR count). The molecule has 0 heterocycles. The van der Waals surface area contributed by atoms with Crippen molar-refractivity contribution in [2.45, 2.75) is 5.41 Å². The van der Waals surface area contributed by atoms with Crippen LogP contribution in [0, 0.1) is 0 Å². The molecule has 2 aliphatic rings. The molecule has 0 aliphatic heterocycles. The minimum absolute atomic E-state index is 0.457. The Labute approximate surface area is 338 Å². The molecule has 1 atom stereocenters. The van der Waals surface area contributed by atoms with Crippen LogP contribution in [0.25, 0.3) is 66.1 Å². The van der Waals surface area contributed by atoms with Gasteiger partial charge in [0.2, 0.25) is 0 Å². The van der Waals surface area contributed by atoms with E-state index in [0.717, 1.165) is 11.4 Å². The summed E-state index contributed by atoms with van der Waals surface area (Å²) in [5.74, 6) is 0. The molecule has 0 bridgehead atoms. The average molecular weight is 736 g/mol. The van der Waals surface area contributed by atoms with Crippen molar-refractivity contribution < 1.29 is 0 Å². The Bertz CT molecular complexity index is 3200. The molecule has 0 spiro atoms. The maximum Gasteiger partial charge on any atom is 0.0725 e. The molecule has 0 aromatic heterocycles. The zero-order valence-electron chi connectivity index (χ0n) is 31.8. The third kappa shape index (κ3) is 4.59. The molecule has 10 aromatic rings. The van der Waals surface area contributed by atoms with E-state index >= 15 is 0 Å². The van der Waals surface area contributed by atoms with E-state index in [0.29, 0.717) is 0 Å². The molecule has 0 saturated carbocycles. The smallest absolute Gasteiger partial charge is 0.0725 e. The molecule has 1 nitrogen and oxygen atoms in total. The topological polar surface area (TPSA) is 3.24 Å². The van der Waals surface area contributed by atoms with Gasteiger partial charge in [0.05, 0.1) is 16.8 Å². The lowest BCUT2D eigenvalue weighted by Crippen LogP contribution is -2.31. The molecule has 10 aromatic carbocycles. The maximum atomic E-state index is 2.52. The Balaban J connectivity index is 1.20. The molecule has 58 heavy (non-hydrogen) atoms. The maximum absolute atomic E-state index is 2.52. The van der Waals surface area contributed by atoms with Crippen molar-refractivity contribution >= 4 is 38.6 Å². The van der Waals surface area contributed by atoms with Crippen molar-refractivity contribution in [1.82, 2.24) is 0 Å². The van der Waals surface area contributed by atoms with Crippen molar-refractivity contribution in [2.24, 2.45) is 0 Å². The van der Waals surface area contributed by atoms with E-state index in [2.05, 4.69) is 229 Å². The van der Waals surface area contributed by atoms with E-state index in [9.17, 15) is 0 Å². The molecule has 1 heteroatoms. The van der Waals surface area contributed by atoms with E-state index in [1.165, 1.54) is 94.0 Å². The van der Waals surface area contributed by atoms with Crippen LogP contribution in [0.1, 0.15) is 22.3 Å². The second-order valence-corrected chi connectivity index (χ2v) is 15.5. The Kier molecular flexibility index (Phi) is 7.21. The van der Waals surface area contributed by atoms with Crippen molar-refractivity contribution in [1.29, 1.82) is 0 Å². The van der Waals surface area contributed by atoms with E-state index in [4.69, 9.17) is 0 Å². The first-order valence-electron chi connectivity index (χ1n) is 20.2. The molecular formula is C57H37N. The van der Waals surface area contributed by atoms with E-state index < -0.39 is 5.41 Å². The average Bonchev–Trinajstić information content (AvgIpc) is 3.61. The van der Waals surface area contributed by atoms with Gasteiger partial charge in [-0.15, -0.1) is 0 Å². The van der Waals surface area contributed by atoms with Gasteiger partial charge >= 0.3 is 0 Å². The Hall–Kier alpha value is -7.48. The van der Waals surface area contributed by atoms with Crippen LogP contribution in [0.4, 0.5) is 17.1 Å². The van der Waals surface area contributed by atoms with Crippen LogP contribution in [0.2, 0.25) is 0 Å². The van der Waals surface area contributed by atoms with Gasteiger partial charge in [-0.05, 0) is 102 Å². The van der Waals surface area contributed by atoms with E-state index in [1.807, 2.05) is 0 Å². The van der Waals surface area contributed by atoms with Gasteiger partial charge in [-0.2, -0.15) is 0 Å². The highest BCUT2D eigenvalue weighted by molar-refractivity contribution is 6.17. The van der Waals surface area contributed by atoms with Crippen molar-refractivity contribution in [2.75, 3.05) is 4.90 Å². The van der Waals surface area contributed by atoms with Crippen molar-refractivity contribution in [3.63, 3.8) is 0 Å². The summed E-state index contributed by atoms with van der Waals surface area (Å²) in [7, 11) is 0. The van der Waals surface area contributed by atoms with Crippen LogP contribution in [0.5, 0.6) is 0 Å². The van der Waals surface area contributed by atoms with Crippen LogP contribution < -0.4 is 4.90 Å². The van der Waals surface area contributed by atoms with Crippen molar-refractivity contribution in [3.8, 4) is 44.5 Å². The third-order valence-corrected chi connectivity index (χ3v) is 12.7. The summed E-state index contributed by atoms with van der Waals surface area (Å²) in [6.07, 6.45) is 0. The lowest BCUT2D eigenvalue weighted by Gasteiger charge is -2.40. The van der Waals surface area contributed by atoms with E-state index in [1.54, 1.807) is 0 Å². The summed E-state index contributed by atoms with van der Waals surface area (Å²) in [5, 5.41) is 5.00. The summed E-state index contributed by atoms with van der Waals surface area (Å²) in [4.78, 5) is 2.52. The summed E-state index contributed by atoms with van der Waals surface area (Å²) in [6.45, 7) is 0. The minimum Gasteiger partial charge on any atom is -0.309 e. The molecular weight excluding hydrogens is 699 g/mol. The zero-order valence-corrected chi connectivity index (χ0v) is 31.8. The fraction of sp³-hybridized carbons (Fsp3) is 0.0175. The Morgan fingerprint density at radius 3 is 1.55 bits per heavy atom. The zero-order chi connectivity index (χ0) is 38.2. The second-order valence-electron chi connectivity index (χ2n) is 15.5. The number of nitrogens with zero attached hydrogens (tertiary/aromatic N) is 1. The number of anilines is 3. The van der Waals surface area contributed by atoms with Crippen LogP contribution in [0.15, 0.2) is 224 Å². The normalized spacial score (nSPS) is 14.6. The fourth-order valence-electron chi connectivity index (χ4n) is 10.3. The van der Waals surface area contributed by atoms with Gasteiger partial charge in [-0.25, -0.2) is 0 Å². The molecule has 0 fully saturated rings. The SMILES string of the molecule is c1ccc(-c2ccc(N(c3ccc(-c4ccccc4)c4ccccc34)c3cc4c5c6c(cccc36)-c3ccccc3C5(c3ccccc3)c3ccccc3-4)cc2)cc1. The van der Waals surface area contributed by atoms with Gasteiger partial charge in [0.15, 0.2) is 0 Å². The highest BCUT2D eigenvalue weighted by Crippen LogP contribution is 2.64. The molecule has 0 saturated heterocycles. The predicted molar refractivity (Wildman–Crippen MR) is 243 cm³/mol. The second kappa shape index (κ2) is 12.8. The first kappa shape index (κ1) is 32.7. The van der Waals surface area contributed by atoms with E-state index in [-0.39, 0.29) is 0 Å². The largest absolute Gasteiger partial charge is 0.309 e. The Morgan fingerprint density at radius 1 is 0.310 bits per heavy atom. The number of hydrogen-bond donors (Lipinski definition) is 0. The minimum atomic E-state index is -0.457.